The van der Waals surface area contributed by atoms with E-state index >= 15 is 0 Å². The van der Waals surface area contributed by atoms with Crippen molar-refractivity contribution >= 4 is 23.0 Å². The molecule has 1 aromatic carbocycles. The summed E-state index contributed by atoms with van der Waals surface area (Å²) in [5, 5.41) is 5.22. The Bertz CT molecular complexity index is 1020. The van der Waals surface area contributed by atoms with Gasteiger partial charge in [-0.1, -0.05) is 6.07 Å². The summed E-state index contributed by atoms with van der Waals surface area (Å²) in [4.78, 5) is 29.1. The summed E-state index contributed by atoms with van der Waals surface area (Å²) >= 11 is 0. The molecule has 2 amide bonds. The molecule has 0 aliphatic rings. The smallest absolute Gasteiger partial charge is 0.348 e. The SMILES string of the molecule is CC(C)NC(=O)c1nc(C(=O)Nc2ccc(C(F)(F)F)cc2)n2ccccc12. The number of rotatable bonds is 4. The summed E-state index contributed by atoms with van der Waals surface area (Å²) in [6.07, 6.45) is -2.88. The number of pyridine rings is 1. The van der Waals surface area contributed by atoms with Gasteiger partial charge in [0.05, 0.1) is 11.1 Å². The van der Waals surface area contributed by atoms with Crippen LogP contribution in [-0.2, 0) is 6.18 Å². The first-order chi connectivity index (χ1) is 13.2. The van der Waals surface area contributed by atoms with Crippen molar-refractivity contribution in [1.29, 1.82) is 0 Å². The Morgan fingerprint density at radius 2 is 1.71 bits per heavy atom. The maximum atomic E-state index is 12.7. The van der Waals surface area contributed by atoms with Crippen molar-refractivity contribution in [2.45, 2.75) is 26.1 Å². The quantitative estimate of drug-likeness (QED) is 0.713. The van der Waals surface area contributed by atoms with Gasteiger partial charge >= 0.3 is 6.18 Å². The maximum absolute atomic E-state index is 12.7. The molecule has 0 radical (unpaired) electrons. The summed E-state index contributed by atoms with van der Waals surface area (Å²) in [5.41, 5.74) is -0.103. The van der Waals surface area contributed by atoms with Gasteiger partial charge in [-0.3, -0.25) is 14.0 Å². The normalized spacial score (nSPS) is 11.6. The molecule has 146 valence electrons. The molecular weight excluding hydrogens is 373 g/mol. The van der Waals surface area contributed by atoms with Crippen LogP contribution in [0.15, 0.2) is 48.7 Å². The fourth-order valence-electron chi connectivity index (χ4n) is 2.63. The standard InChI is InChI=1S/C19H17F3N4O2/c1-11(2)23-17(27)15-14-5-3-4-10-26(14)16(25-15)18(28)24-13-8-6-12(7-9-13)19(20,21)22/h3-11H,1-2H3,(H,23,27)(H,24,28). The second-order valence-electron chi connectivity index (χ2n) is 6.40. The summed E-state index contributed by atoms with van der Waals surface area (Å²) < 4.78 is 39.4. The number of fused-ring (bicyclic) bond motifs is 1. The van der Waals surface area contributed by atoms with Gasteiger partial charge in [0.25, 0.3) is 11.8 Å². The van der Waals surface area contributed by atoms with E-state index < -0.39 is 23.6 Å². The Labute approximate surface area is 158 Å². The molecule has 0 unspecified atom stereocenters. The van der Waals surface area contributed by atoms with Crippen molar-refractivity contribution < 1.29 is 22.8 Å². The highest BCUT2D eigenvalue weighted by Crippen LogP contribution is 2.29. The van der Waals surface area contributed by atoms with E-state index in [9.17, 15) is 22.8 Å². The third kappa shape index (κ3) is 3.98. The van der Waals surface area contributed by atoms with Gasteiger partial charge in [0.15, 0.2) is 5.69 Å². The minimum Gasteiger partial charge on any atom is -0.348 e. The van der Waals surface area contributed by atoms with Crippen LogP contribution in [-0.4, -0.2) is 27.2 Å². The van der Waals surface area contributed by atoms with Crippen LogP contribution in [0.5, 0.6) is 0 Å². The number of hydrogen-bond acceptors (Lipinski definition) is 3. The van der Waals surface area contributed by atoms with E-state index in [0.717, 1.165) is 24.3 Å². The zero-order chi connectivity index (χ0) is 20.5. The highest BCUT2D eigenvalue weighted by Gasteiger charge is 2.30. The maximum Gasteiger partial charge on any atom is 0.416 e. The lowest BCUT2D eigenvalue weighted by Gasteiger charge is -2.08. The number of nitrogens with zero attached hydrogens (tertiary/aromatic N) is 2. The zero-order valence-corrected chi connectivity index (χ0v) is 15.0. The topological polar surface area (TPSA) is 75.5 Å². The average molecular weight is 390 g/mol. The van der Waals surface area contributed by atoms with Gasteiger partial charge in [-0.15, -0.1) is 0 Å². The van der Waals surface area contributed by atoms with Gasteiger partial charge in [-0.2, -0.15) is 13.2 Å². The van der Waals surface area contributed by atoms with E-state index in [1.165, 1.54) is 4.40 Å². The van der Waals surface area contributed by atoms with E-state index in [2.05, 4.69) is 15.6 Å². The molecule has 0 spiro atoms. The largest absolute Gasteiger partial charge is 0.416 e. The summed E-state index contributed by atoms with van der Waals surface area (Å²) in [7, 11) is 0. The van der Waals surface area contributed by atoms with Crippen molar-refractivity contribution in [1.82, 2.24) is 14.7 Å². The molecule has 9 heteroatoms. The van der Waals surface area contributed by atoms with Crippen LogP contribution in [0.3, 0.4) is 0 Å². The lowest BCUT2D eigenvalue weighted by atomic mass is 10.2. The Morgan fingerprint density at radius 1 is 1.04 bits per heavy atom. The number of hydrogen-bond donors (Lipinski definition) is 2. The summed E-state index contributed by atoms with van der Waals surface area (Å²) in [6, 6.07) is 8.98. The highest BCUT2D eigenvalue weighted by atomic mass is 19.4. The van der Waals surface area contributed by atoms with Crippen LogP contribution in [0.25, 0.3) is 5.52 Å². The number of halogens is 3. The monoisotopic (exact) mass is 390 g/mol. The second kappa shape index (κ2) is 7.34. The third-order valence-electron chi connectivity index (χ3n) is 3.86. The molecule has 0 bridgehead atoms. The minimum atomic E-state index is -4.46. The van der Waals surface area contributed by atoms with E-state index in [4.69, 9.17) is 0 Å². The summed E-state index contributed by atoms with van der Waals surface area (Å²) in [5.74, 6) is -1.12. The minimum absolute atomic E-state index is 0.0515. The Hall–Kier alpha value is -3.36. The molecule has 0 aliphatic heterocycles. The van der Waals surface area contributed by atoms with E-state index in [-0.39, 0.29) is 23.2 Å². The van der Waals surface area contributed by atoms with Crippen LogP contribution in [0, 0.1) is 0 Å². The van der Waals surface area contributed by atoms with Crippen LogP contribution < -0.4 is 10.6 Å². The van der Waals surface area contributed by atoms with Crippen molar-refractivity contribution in [2.75, 3.05) is 5.32 Å². The van der Waals surface area contributed by atoms with Gasteiger partial charge in [0.2, 0.25) is 5.82 Å². The molecule has 3 rings (SSSR count). The number of alkyl halides is 3. The molecule has 3 aromatic rings. The van der Waals surface area contributed by atoms with Crippen LogP contribution in [0.2, 0.25) is 0 Å². The Kier molecular flexibility index (Phi) is 5.08. The van der Waals surface area contributed by atoms with Crippen LogP contribution in [0.4, 0.5) is 18.9 Å². The molecule has 2 N–H and O–H groups in total. The van der Waals surface area contributed by atoms with Crippen molar-refractivity contribution in [2.24, 2.45) is 0 Å². The Morgan fingerprint density at radius 3 is 2.32 bits per heavy atom. The molecule has 2 heterocycles. The molecule has 2 aromatic heterocycles. The first-order valence-corrected chi connectivity index (χ1v) is 8.43. The predicted octanol–water partition coefficient (Wildman–Crippen LogP) is 3.74. The van der Waals surface area contributed by atoms with Gasteiger partial charge in [0, 0.05) is 17.9 Å². The first kappa shape index (κ1) is 19.4. The van der Waals surface area contributed by atoms with E-state index in [1.807, 2.05) is 0 Å². The number of aromatic nitrogens is 2. The molecule has 0 saturated heterocycles. The number of nitrogens with one attached hydrogen (secondary N) is 2. The summed E-state index contributed by atoms with van der Waals surface area (Å²) in [6.45, 7) is 3.60. The third-order valence-corrected chi connectivity index (χ3v) is 3.86. The van der Waals surface area contributed by atoms with Crippen molar-refractivity contribution in [3.8, 4) is 0 Å². The highest BCUT2D eigenvalue weighted by molar-refractivity contribution is 6.06. The van der Waals surface area contributed by atoms with Gasteiger partial charge in [-0.25, -0.2) is 4.98 Å². The van der Waals surface area contributed by atoms with E-state index in [0.29, 0.717) is 5.52 Å². The lowest BCUT2D eigenvalue weighted by Crippen LogP contribution is -2.30. The van der Waals surface area contributed by atoms with Crippen LogP contribution >= 0.6 is 0 Å². The van der Waals surface area contributed by atoms with Crippen LogP contribution in [0.1, 0.15) is 40.5 Å². The van der Waals surface area contributed by atoms with Crippen molar-refractivity contribution in [3.63, 3.8) is 0 Å². The number of benzene rings is 1. The first-order valence-electron chi connectivity index (χ1n) is 8.43. The molecule has 6 nitrogen and oxygen atoms in total. The number of anilines is 1. The molecule has 0 atom stereocenters. The zero-order valence-electron chi connectivity index (χ0n) is 15.0. The fraction of sp³-hybridized carbons (Fsp3) is 0.211. The second-order valence-corrected chi connectivity index (χ2v) is 6.40. The van der Waals surface area contributed by atoms with Crippen molar-refractivity contribution in [3.05, 3.63) is 65.7 Å². The number of amides is 2. The molecular formula is C19H17F3N4O2. The number of carbonyl (C=O) groups is 2. The van der Waals surface area contributed by atoms with Gasteiger partial charge in [0.1, 0.15) is 0 Å². The fourth-order valence-corrected chi connectivity index (χ4v) is 2.63. The molecule has 0 aliphatic carbocycles. The van der Waals surface area contributed by atoms with Gasteiger partial charge in [-0.05, 0) is 50.2 Å². The average Bonchev–Trinajstić information content (AvgIpc) is 3.01. The molecule has 0 fully saturated rings. The predicted molar refractivity (Wildman–Crippen MR) is 97.2 cm³/mol. The Balaban J connectivity index is 1.91. The molecule has 0 saturated carbocycles. The molecule has 28 heavy (non-hydrogen) atoms. The number of carbonyl (C=O) groups excluding carboxylic acids is 2. The lowest BCUT2D eigenvalue weighted by molar-refractivity contribution is -0.137. The number of imidazole rings is 1. The van der Waals surface area contributed by atoms with Gasteiger partial charge < -0.3 is 10.6 Å². The van der Waals surface area contributed by atoms with E-state index in [1.54, 1.807) is 38.2 Å².